The molecule has 0 fully saturated rings. The van der Waals surface area contributed by atoms with Gasteiger partial charge in [0.25, 0.3) is 0 Å². The zero-order valence-corrected chi connectivity index (χ0v) is 11.3. The van der Waals surface area contributed by atoms with Crippen LogP contribution >= 0.6 is 0 Å². The number of aryl methyl sites for hydroxylation is 1. The Morgan fingerprint density at radius 1 is 1.00 bits per heavy atom. The second-order valence-corrected chi connectivity index (χ2v) is 4.61. The quantitative estimate of drug-likeness (QED) is 0.715. The van der Waals surface area contributed by atoms with Crippen molar-refractivity contribution < 1.29 is 0 Å². The van der Waals surface area contributed by atoms with Crippen molar-refractivity contribution >= 4 is 5.71 Å². The van der Waals surface area contributed by atoms with E-state index in [1.54, 1.807) is 0 Å². The van der Waals surface area contributed by atoms with Crippen LogP contribution in [0.3, 0.4) is 0 Å². The Hall–Kier alpha value is -1.89. The lowest BCUT2D eigenvalue weighted by Crippen LogP contribution is -1.96. The van der Waals surface area contributed by atoms with E-state index in [1.165, 1.54) is 22.3 Å². The van der Waals surface area contributed by atoms with Gasteiger partial charge in [-0.1, -0.05) is 48.5 Å². The highest BCUT2D eigenvalue weighted by atomic mass is 14.7. The molecule has 0 radical (unpaired) electrons. The molecule has 0 saturated heterocycles. The third-order valence-corrected chi connectivity index (χ3v) is 3.36. The molecule has 0 aromatic heterocycles. The second kappa shape index (κ2) is 5.63. The average molecular weight is 237 g/mol. The van der Waals surface area contributed by atoms with E-state index in [-0.39, 0.29) is 0 Å². The van der Waals surface area contributed by atoms with Gasteiger partial charge in [0.15, 0.2) is 0 Å². The first-order valence-corrected chi connectivity index (χ1v) is 6.28. The van der Waals surface area contributed by atoms with Crippen LogP contribution in [0.5, 0.6) is 0 Å². The van der Waals surface area contributed by atoms with Gasteiger partial charge in [0.05, 0.1) is 0 Å². The summed E-state index contributed by atoms with van der Waals surface area (Å²) >= 11 is 0. The fraction of sp³-hybridized carbons (Fsp3) is 0.235. The van der Waals surface area contributed by atoms with E-state index >= 15 is 0 Å². The number of hydrogen-bond donors (Lipinski definition) is 0. The molecule has 0 aliphatic heterocycles. The number of nitrogens with zero attached hydrogens (tertiary/aromatic N) is 1. The van der Waals surface area contributed by atoms with Crippen LogP contribution in [0.2, 0.25) is 0 Å². The topological polar surface area (TPSA) is 12.4 Å². The molecule has 0 atom stereocenters. The molecule has 0 bridgehead atoms. The van der Waals surface area contributed by atoms with Crippen molar-refractivity contribution in [2.24, 2.45) is 4.99 Å². The first kappa shape index (κ1) is 12.6. The van der Waals surface area contributed by atoms with Gasteiger partial charge in [-0.05, 0) is 42.5 Å². The first-order chi connectivity index (χ1) is 8.70. The molecule has 0 saturated carbocycles. The fourth-order valence-corrected chi connectivity index (χ4v) is 2.02. The predicted octanol–water partition coefficient (Wildman–Crippen LogP) is 4.02. The number of aliphatic imine (C=N–C) groups is 1. The van der Waals surface area contributed by atoms with Crippen molar-refractivity contribution in [3.05, 3.63) is 70.8 Å². The summed E-state index contributed by atoms with van der Waals surface area (Å²) in [7, 11) is 1.83. The van der Waals surface area contributed by atoms with E-state index < -0.39 is 0 Å². The first-order valence-electron chi connectivity index (χ1n) is 6.28. The Bertz CT molecular complexity index is 550. The zero-order chi connectivity index (χ0) is 13.0. The van der Waals surface area contributed by atoms with E-state index in [1.807, 2.05) is 14.0 Å². The van der Waals surface area contributed by atoms with Crippen molar-refractivity contribution in [1.82, 2.24) is 0 Å². The lowest BCUT2D eigenvalue weighted by molar-refractivity contribution is 1.15. The summed E-state index contributed by atoms with van der Waals surface area (Å²) in [4.78, 5) is 4.20. The molecule has 1 heteroatoms. The molecular formula is C17H19N. The Kier molecular flexibility index (Phi) is 3.93. The molecule has 0 aliphatic carbocycles. The largest absolute Gasteiger partial charge is 0.293 e. The van der Waals surface area contributed by atoms with Crippen molar-refractivity contribution in [1.29, 1.82) is 0 Å². The van der Waals surface area contributed by atoms with Crippen LogP contribution < -0.4 is 0 Å². The molecule has 0 N–H and O–H groups in total. The molecule has 2 rings (SSSR count). The van der Waals surface area contributed by atoms with Gasteiger partial charge in [-0.15, -0.1) is 0 Å². The molecule has 2 aromatic carbocycles. The highest BCUT2D eigenvalue weighted by molar-refractivity contribution is 5.98. The van der Waals surface area contributed by atoms with E-state index in [4.69, 9.17) is 0 Å². The lowest BCUT2D eigenvalue weighted by Gasteiger charge is -2.06. The van der Waals surface area contributed by atoms with Crippen LogP contribution in [0.25, 0.3) is 0 Å². The van der Waals surface area contributed by atoms with Crippen LogP contribution in [0.15, 0.2) is 53.5 Å². The summed E-state index contributed by atoms with van der Waals surface area (Å²) in [6, 6.07) is 17.2. The second-order valence-electron chi connectivity index (χ2n) is 4.61. The molecule has 0 heterocycles. The maximum atomic E-state index is 4.20. The van der Waals surface area contributed by atoms with Gasteiger partial charge in [0.2, 0.25) is 0 Å². The highest BCUT2D eigenvalue weighted by Crippen LogP contribution is 2.14. The van der Waals surface area contributed by atoms with Crippen LogP contribution in [0, 0.1) is 6.92 Å². The van der Waals surface area contributed by atoms with Crippen LogP contribution in [-0.4, -0.2) is 12.8 Å². The standard InChI is InChI=1S/C17H19N/c1-13-6-4-5-7-17(13)12-15-8-10-16(11-9-15)14(2)18-3/h4-11H,12H2,1-3H3. The number of benzene rings is 2. The fourth-order valence-electron chi connectivity index (χ4n) is 2.02. The van der Waals surface area contributed by atoms with Crippen molar-refractivity contribution in [2.75, 3.05) is 7.05 Å². The Labute approximate surface area is 109 Å². The van der Waals surface area contributed by atoms with E-state index in [9.17, 15) is 0 Å². The van der Waals surface area contributed by atoms with Crippen molar-refractivity contribution in [3.8, 4) is 0 Å². The van der Waals surface area contributed by atoms with Crippen LogP contribution in [0.1, 0.15) is 29.2 Å². The normalized spacial score (nSPS) is 11.6. The molecule has 2 aromatic rings. The number of rotatable bonds is 3. The van der Waals surface area contributed by atoms with Gasteiger partial charge < -0.3 is 0 Å². The zero-order valence-electron chi connectivity index (χ0n) is 11.3. The maximum absolute atomic E-state index is 4.20. The molecule has 0 spiro atoms. The van der Waals surface area contributed by atoms with Crippen LogP contribution in [0.4, 0.5) is 0 Å². The van der Waals surface area contributed by atoms with Gasteiger partial charge in [-0.2, -0.15) is 0 Å². The third-order valence-electron chi connectivity index (χ3n) is 3.36. The molecule has 92 valence electrons. The molecule has 1 nitrogen and oxygen atoms in total. The third kappa shape index (κ3) is 2.86. The average Bonchev–Trinajstić information content (AvgIpc) is 2.41. The minimum absolute atomic E-state index is 0.995. The monoisotopic (exact) mass is 237 g/mol. The minimum atomic E-state index is 0.995. The Morgan fingerprint density at radius 2 is 1.67 bits per heavy atom. The summed E-state index contributed by atoms with van der Waals surface area (Å²) in [6.45, 7) is 4.20. The summed E-state index contributed by atoms with van der Waals surface area (Å²) in [5, 5.41) is 0. The summed E-state index contributed by atoms with van der Waals surface area (Å²) in [5.74, 6) is 0. The Balaban J connectivity index is 2.19. The highest BCUT2D eigenvalue weighted by Gasteiger charge is 2.01. The SMILES string of the molecule is CN=C(C)c1ccc(Cc2ccccc2C)cc1. The summed E-state index contributed by atoms with van der Waals surface area (Å²) in [6.07, 6.45) is 0.995. The smallest absolute Gasteiger partial charge is 0.0386 e. The predicted molar refractivity (Wildman–Crippen MR) is 78.6 cm³/mol. The van der Waals surface area contributed by atoms with E-state index in [2.05, 4.69) is 60.4 Å². The molecular weight excluding hydrogens is 218 g/mol. The van der Waals surface area contributed by atoms with Gasteiger partial charge in [0, 0.05) is 12.8 Å². The van der Waals surface area contributed by atoms with Crippen molar-refractivity contribution in [3.63, 3.8) is 0 Å². The van der Waals surface area contributed by atoms with E-state index in [0.29, 0.717) is 0 Å². The van der Waals surface area contributed by atoms with Gasteiger partial charge in [-0.3, -0.25) is 4.99 Å². The molecule has 0 aliphatic rings. The summed E-state index contributed by atoms with van der Waals surface area (Å²) in [5.41, 5.74) is 6.37. The van der Waals surface area contributed by atoms with Gasteiger partial charge >= 0.3 is 0 Å². The van der Waals surface area contributed by atoms with Crippen molar-refractivity contribution in [2.45, 2.75) is 20.3 Å². The Morgan fingerprint density at radius 3 is 2.28 bits per heavy atom. The van der Waals surface area contributed by atoms with Gasteiger partial charge in [0.1, 0.15) is 0 Å². The molecule has 18 heavy (non-hydrogen) atoms. The molecule has 0 unspecified atom stereocenters. The lowest BCUT2D eigenvalue weighted by atomic mass is 9.99. The van der Waals surface area contributed by atoms with E-state index in [0.717, 1.165) is 12.1 Å². The number of hydrogen-bond acceptors (Lipinski definition) is 1. The molecule has 0 amide bonds. The summed E-state index contributed by atoms with van der Waals surface area (Å²) < 4.78 is 0. The van der Waals surface area contributed by atoms with Crippen LogP contribution in [-0.2, 0) is 6.42 Å². The van der Waals surface area contributed by atoms with Gasteiger partial charge in [-0.25, -0.2) is 0 Å². The maximum Gasteiger partial charge on any atom is 0.0386 e. The minimum Gasteiger partial charge on any atom is -0.293 e.